The van der Waals surface area contributed by atoms with Crippen LogP contribution >= 0.6 is 0 Å². The van der Waals surface area contributed by atoms with Crippen molar-refractivity contribution in [1.29, 1.82) is 0 Å². The van der Waals surface area contributed by atoms with Crippen LogP contribution in [0.25, 0.3) is 0 Å². The van der Waals surface area contributed by atoms with E-state index in [9.17, 15) is 13.2 Å². The summed E-state index contributed by atoms with van der Waals surface area (Å²) in [6, 6.07) is 0. The van der Waals surface area contributed by atoms with E-state index in [2.05, 4.69) is 9.99 Å². The van der Waals surface area contributed by atoms with E-state index < -0.39 is 12.8 Å². The van der Waals surface area contributed by atoms with Gasteiger partial charge in [-0.3, -0.25) is 0 Å². The van der Waals surface area contributed by atoms with Crippen LogP contribution in [0.15, 0.2) is 5.16 Å². The molecule has 0 aliphatic rings. The Balaban J connectivity index is 3.28. The Morgan fingerprint density at radius 2 is 2.10 bits per heavy atom. The number of alkyl halides is 3. The first kappa shape index (κ1) is 9.22. The molecule has 0 radical (unpaired) electrons. The van der Waals surface area contributed by atoms with Gasteiger partial charge in [-0.25, -0.2) is 0 Å². The summed E-state index contributed by atoms with van der Waals surface area (Å²) >= 11 is 0. The summed E-state index contributed by atoms with van der Waals surface area (Å²) in [6.45, 7) is -1.30. The van der Waals surface area contributed by atoms with Crippen LogP contribution in [0.4, 0.5) is 13.2 Å². The molecule has 0 aliphatic carbocycles. The van der Waals surface area contributed by atoms with Gasteiger partial charge in [0.25, 0.3) is 0 Å². The summed E-state index contributed by atoms with van der Waals surface area (Å²) in [5.41, 5.74) is 4.87. The summed E-state index contributed by atoms with van der Waals surface area (Å²) in [7, 11) is 0. The summed E-state index contributed by atoms with van der Waals surface area (Å²) < 4.78 is 33.8. The average Bonchev–Trinajstić information content (AvgIpc) is 1.78. The summed E-state index contributed by atoms with van der Waals surface area (Å²) in [6.07, 6.45) is -3.28. The van der Waals surface area contributed by atoms with Crippen molar-refractivity contribution < 1.29 is 18.0 Å². The smallest absolute Gasteiger partial charge is 0.386 e. The molecule has 0 saturated heterocycles. The second kappa shape index (κ2) is 4.10. The third kappa shape index (κ3) is 7.22. The second-order valence-electron chi connectivity index (χ2n) is 1.41. The summed E-state index contributed by atoms with van der Waals surface area (Å²) in [5.74, 6) is 0. The molecule has 0 saturated carbocycles. The van der Waals surface area contributed by atoms with Gasteiger partial charge in [-0.2, -0.15) is 13.2 Å². The number of nitrogens with zero attached hydrogens (tertiary/aromatic N) is 1. The van der Waals surface area contributed by atoms with E-state index in [0.29, 0.717) is 0 Å². The fraction of sp³-hybridized carbons (Fsp3) is 0.750. The van der Waals surface area contributed by atoms with Crippen molar-refractivity contribution in [1.82, 2.24) is 0 Å². The van der Waals surface area contributed by atoms with Crippen molar-refractivity contribution in [3.05, 3.63) is 0 Å². The largest absolute Gasteiger partial charge is 0.425 e. The van der Waals surface area contributed by atoms with Crippen LogP contribution in [0.3, 0.4) is 0 Å². The lowest BCUT2D eigenvalue weighted by Crippen LogP contribution is -2.15. The Bertz CT molecular complexity index is 112. The minimum Gasteiger partial charge on any atom is -0.386 e. The quantitative estimate of drug-likeness (QED) is 0.478. The SMILES string of the molecule is NCC=NOCC(F)(F)F. The Kier molecular flexibility index (Phi) is 3.78. The van der Waals surface area contributed by atoms with E-state index in [4.69, 9.17) is 5.73 Å². The van der Waals surface area contributed by atoms with Crippen molar-refractivity contribution in [2.75, 3.05) is 13.2 Å². The number of hydrogen-bond donors (Lipinski definition) is 1. The fourth-order valence-corrected chi connectivity index (χ4v) is 0.206. The van der Waals surface area contributed by atoms with Gasteiger partial charge in [0.1, 0.15) is 0 Å². The standard InChI is InChI=1S/C4H7F3N2O/c5-4(6,7)3-10-9-2-1-8/h2H,1,3,8H2. The van der Waals surface area contributed by atoms with Gasteiger partial charge in [0.15, 0.2) is 0 Å². The van der Waals surface area contributed by atoms with E-state index in [-0.39, 0.29) is 6.54 Å². The zero-order valence-corrected chi connectivity index (χ0v) is 5.06. The predicted octanol–water partition coefficient (Wildman–Crippen LogP) is 0.510. The van der Waals surface area contributed by atoms with E-state index in [0.717, 1.165) is 6.21 Å². The van der Waals surface area contributed by atoms with Crippen LogP contribution in [0, 0.1) is 0 Å². The molecule has 0 aromatic rings. The first-order valence-corrected chi connectivity index (χ1v) is 2.47. The molecule has 0 atom stereocenters. The molecular weight excluding hydrogens is 149 g/mol. The molecule has 0 aliphatic heterocycles. The van der Waals surface area contributed by atoms with Crippen molar-refractivity contribution in [3.63, 3.8) is 0 Å². The minimum absolute atomic E-state index is 0.0673. The van der Waals surface area contributed by atoms with Crippen LogP contribution in [0.2, 0.25) is 0 Å². The molecule has 0 aromatic carbocycles. The zero-order valence-electron chi connectivity index (χ0n) is 5.06. The van der Waals surface area contributed by atoms with Crippen LogP contribution in [-0.2, 0) is 4.84 Å². The molecule has 0 bridgehead atoms. The van der Waals surface area contributed by atoms with E-state index >= 15 is 0 Å². The average molecular weight is 156 g/mol. The highest BCUT2D eigenvalue weighted by Crippen LogP contribution is 2.13. The van der Waals surface area contributed by atoms with Gasteiger partial charge in [0.05, 0.1) is 6.21 Å². The number of hydrogen-bond acceptors (Lipinski definition) is 3. The van der Waals surface area contributed by atoms with Crippen LogP contribution in [0.5, 0.6) is 0 Å². The van der Waals surface area contributed by atoms with Crippen LogP contribution in [0.1, 0.15) is 0 Å². The first-order chi connectivity index (χ1) is 4.56. The number of nitrogens with two attached hydrogens (primary N) is 1. The third-order valence-electron chi connectivity index (χ3n) is 0.483. The van der Waals surface area contributed by atoms with E-state index in [1.165, 1.54) is 0 Å². The van der Waals surface area contributed by atoms with Crippen molar-refractivity contribution >= 4 is 6.21 Å². The molecule has 60 valence electrons. The number of rotatable bonds is 3. The molecule has 0 amide bonds. The molecule has 3 nitrogen and oxygen atoms in total. The predicted molar refractivity (Wildman–Crippen MR) is 29.6 cm³/mol. The molecule has 0 fully saturated rings. The van der Waals surface area contributed by atoms with Gasteiger partial charge in [-0.1, -0.05) is 5.16 Å². The highest BCUT2D eigenvalue weighted by atomic mass is 19.4. The highest BCUT2D eigenvalue weighted by Gasteiger charge is 2.28. The van der Waals surface area contributed by atoms with Gasteiger partial charge in [-0.05, 0) is 0 Å². The molecule has 2 N–H and O–H groups in total. The number of halogens is 3. The lowest BCUT2D eigenvalue weighted by atomic mass is 10.7. The molecule has 0 unspecified atom stereocenters. The van der Waals surface area contributed by atoms with E-state index in [1.54, 1.807) is 0 Å². The maximum absolute atomic E-state index is 11.3. The Hall–Kier alpha value is -0.780. The minimum atomic E-state index is -4.33. The Morgan fingerprint density at radius 1 is 1.50 bits per heavy atom. The first-order valence-electron chi connectivity index (χ1n) is 2.47. The Morgan fingerprint density at radius 3 is 2.50 bits per heavy atom. The number of oxime groups is 1. The molecule has 0 rings (SSSR count). The molecular formula is C4H7F3N2O. The van der Waals surface area contributed by atoms with Crippen molar-refractivity contribution in [3.8, 4) is 0 Å². The summed E-state index contributed by atoms with van der Waals surface area (Å²) in [5, 5.41) is 2.91. The third-order valence-corrected chi connectivity index (χ3v) is 0.483. The van der Waals surface area contributed by atoms with Crippen molar-refractivity contribution in [2.45, 2.75) is 6.18 Å². The van der Waals surface area contributed by atoms with Gasteiger partial charge in [-0.15, -0.1) is 0 Å². The monoisotopic (exact) mass is 156 g/mol. The van der Waals surface area contributed by atoms with Gasteiger partial charge in [0.2, 0.25) is 6.61 Å². The highest BCUT2D eigenvalue weighted by molar-refractivity contribution is 5.58. The normalized spacial score (nSPS) is 12.4. The molecule has 0 aromatic heterocycles. The van der Waals surface area contributed by atoms with Gasteiger partial charge in [0, 0.05) is 6.54 Å². The molecule has 10 heavy (non-hydrogen) atoms. The van der Waals surface area contributed by atoms with Crippen LogP contribution < -0.4 is 5.73 Å². The van der Waals surface area contributed by atoms with E-state index in [1.807, 2.05) is 0 Å². The molecule has 6 heteroatoms. The summed E-state index contributed by atoms with van der Waals surface area (Å²) in [4.78, 5) is 3.80. The second-order valence-corrected chi connectivity index (χ2v) is 1.41. The fourth-order valence-electron chi connectivity index (χ4n) is 0.206. The lowest BCUT2D eigenvalue weighted by molar-refractivity contribution is -0.173. The molecule has 0 spiro atoms. The van der Waals surface area contributed by atoms with Gasteiger partial charge < -0.3 is 10.6 Å². The lowest BCUT2D eigenvalue weighted by Gasteiger charge is -2.02. The topological polar surface area (TPSA) is 47.6 Å². The maximum Gasteiger partial charge on any atom is 0.425 e. The zero-order chi connectivity index (χ0) is 8.04. The molecule has 0 heterocycles. The van der Waals surface area contributed by atoms with Crippen molar-refractivity contribution in [2.24, 2.45) is 10.9 Å². The Labute approximate surface area is 55.6 Å². The van der Waals surface area contributed by atoms with Gasteiger partial charge >= 0.3 is 6.18 Å². The van der Waals surface area contributed by atoms with Crippen LogP contribution in [-0.4, -0.2) is 25.5 Å². The maximum atomic E-state index is 11.3.